The molecule has 0 bridgehead atoms. The SMILES string of the molecule is COc1ccc(-c2ncsc2C(=O)O)cc1Cl. The van der Waals surface area contributed by atoms with Crippen LogP contribution in [0.1, 0.15) is 9.67 Å². The number of thiazole rings is 1. The summed E-state index contributed by atoms with van der Waals surface area (Å²) in [5.74, 6) is -0.447. The third-order valence-corrected chi connectivity index (χ3v) is 3.30. The first kappa shape index (κ1) is 11.9. The van der Waals surface area contributed by atoms with Gasteiger partial charge >= 0.3 is 5.97 Å². The van der Waals surface area contributed by atoms with Crippen molar-refractivity contribution in [2.45, 2.75) is 0 Å². The van der Waals surface area contributed by atoms with Crippen molar-refractivity contribution in [3.05, 3.63) is 33.6 Å². The molecule has 0 aliphatic rings. The maximum absolute atomic E-state index is 11.0. The number of rotatable bonds is 3. The molecule has 1 aromatic carbocycles. The van der Waals surface area contributed by atoms with Crippen LogP contribution >= 0.6 is 22.9 Å². The second-order valence-corrected chi connectivity index (χ2v) is 4.45. The summed E-state index contributed by atoms with van der Waals surface area (Å²) >= 11 is 7.06. The zero-order valence-corrected chi connectivity index (χ0v) is 10.4. The largest absolute Gasteiger partial charge is 0.495 e. The van der Waals surface area contributed by atoms with Crippen LogP contribution in [-0.4, -0.2) is 23.2 Å². The molecule has 0 saturated heterocycles. The van der Waals surface area contributed by atoms with E-state index in [4.69, 9.17) is 21.4 Å². The number of ether oxygens (including phenoxy) is 1. The molecule has 17 heavy (non-hydrogen) atoms. The van der Waals surface area contributed by atoms with Crippen molar-refractivity contribution in [2.24, 2.45) is 0 Å². The second-order valence-electron chi connectivity index (χ2n) is 3.18. The van der Waals surface area contributed by atoms with Gasteiger partial charge in [0.1, 0.15) is 10.6 Å². The lowest BCUT2D eigenvalue weighted by Gasteiger charge is -2.05. The Kier molecular flexibility index (Phi) is 3.31. The minimum absolute atomic E-state index is 0.200. The second kappa shape index (κ2) is 4.73. The van der Waals surface area contributed by atoms with Crippen LogP contribution in [0, 0.1) is 0 Å². The quantitative estimate of drug-likeness (QED) is 0.930. The fourth-order valence-electron chi connectivity index (χ4n) is 1.42. The third kappa shape index (κ3) is 2.25. The van der Waals surface area contributed by atoms with Gasteiger partial charge in [-0.15, -0.1) is 11.3 Å². The van der Waals surface area contributed by atoms with E-state index in [-0.39, 0.29) is 4.88 Å². The van der Waals surface area contributed by atoms with Gasteiger partial charge in [0.25, 0.3) is 0 Å². The van der Waals surface area contributed by atoms with Crippen LogP contribution in [-0.2, 0) is 0 Å². The normalized spacial score (nSPS) is 10.2. The summed E-state index contributed by atoms with van der Waals surface area (Å²) in [5.41, 5.74) is 2.58. The zero-order valence-electron chi connectivity index (χ0n) is 8.81. The number of hydrogen-bond donors (Lipinski definition) is 1. The monoisotopic (exact) mass is 269 g/mol. The highest BCUT2D eigenvalue weighted by atomic mass is 35.5. The average molecular weight is 270 g/mol. The summed E-state index contributed by atoms with van der Waals surface area (Å²) in [5, 5.41) is 9.42. The number of carboxylic acids is 1. The molecule has 2 aromatic rings. The van der Waals surface area contributed by atoms with Crippen LogP contribution in [0.15, 0.2) is 23.7 Å². The molecule has 0 unspecified atom stereocenters. The molecule has 0 aliphatic carbocycles. The minimum Gasteiger partial charge on any atom is -0.495 e. The lowest BCUT2D eigenvalue weighted by molar-refractivity contribution is 0.0702. The Bertz CT molecular complexity index is 568. The van der Waals surface area contributed by atoms with Gasteiger partial charge < -0.3 is 9.84 Å². The molecule has 0 amide bonds. The highest BCUT2D eigenvalue weighted by Crippen LogP contribution is 2.32. The molecular formula is C11H8ClNO3S. The van der Waals surface area contributed by atoms with Crippen LogP contribution < -0.4 is 4.74 Å². The van der Waals surface area contributed by atoms with Gasteiger partial charge in [0, 0.05) is 5.56 Å². The van der Waals surface area contributed by atoms with Gasteiger partial charge in [-0.05, 0) is 18.2 Å². The van der Waals surface area contributed by atoms with Crippen molar-refractivity contribution in [2.75, 3.05) is 7.11 Å². The van der Waals surface area contributed by atoms with E-state index in [9.17, 15) is 4.79 Å². The highest BCUT2D eigenvalue weighted by Gasteiger charge is 2.16. The zero-order chi connectivity index (χ0) is 12.4. The Morgan fingerprint density at radius 1 is 1.53 bits per heavy atom. The van der Waals surface area contributed by atoms with Crippen molar-refractivity contribution in [3.8, 4) is 17.0 Å². The van der Waals surface area contributed by atoms with E-state index < -0.39 is 5.97 Å². The van der Waals surface area contributed by atoms with Crippen molar-refractivity contribution in [3.63, 3.8) is 0 Å². The molecule has 1 aromatic heterocycles. The molecule has 88 valence electrons. The number of carboxylic acid groups (broad SMARTS) is 1. The van der Waals surface area contributed by atoms with Crippen molar-refractivity contribution >= 4 is 28.9 Å². The van der Waals surface area contributed by atoms with Gasteiger partial charge in [-0.3, -0.25) is 0 Å². The van der Waals surface area contributed by atoms with Gasteiger partial charge in [0.05, 0.1) is 23.3 Å². The van der Waals surface area contributed by atoms with Gasteiger partial charge in [0.15, 0.2) is 0 Å². The lowest BCUT2D eigenvalue weighted by Crippen LogP contribution is -1.95. The third-order valence-electron chi connectivity index (χ3n) is 2.19. The standard InChI is InChI=1S/C11H8ClNO3S/c1-16-8-3-2-6(4-7(8)12)9-10(11(14)15)17-5-13-9/h2-5H,1H3,(H,14,15). The number of nitrogens with zero attached hydrogens (tertiary/aromatic N) is 1. The number of hydrogen-bond acceptors (Lipinski definition) is 4. The molecule has 2 rings (SSSR count). The van der Waals surface area contributed by atoms with Crippen LogP contribution in [0.3, 0.4) is 0 Å². The number of aromatic nitrogens is 1. The number of methoxy groups -OCH3 is 1. The summed E-state index contributed by atoms with van der Waals surface area (Å²) in [6, 6.07) is 5.05. The highest BCUT2D eigenvalue weighted by molar-refractivity contribution is 7.12. The van der Waals surface area contributed by atoms with E-state index >= 15 is 0 Å². The number of halogens is 1. The van der Waals surface area contributed by atoms with E-state index in [1.807, 2.05) is 0 Å². The van der Waals surface area contributed by atoms with E-state index in [1.54, 1.807) is 18.2 Å². The summed E-state index contributed by atoms with van der Waals surface area (Å²) < 4.78 is 5.03. The van der Waals surface area contributed by atoms with Gasteiger partial charge in [-0.1, -0.05) is 11.6 Å². The summed E-state index contributed by atoms with van der Waals surface area (Å²) in [6.45, 7) is 0. The molecule has 1 heterocycles. The minimum atomic E-state index is -0.991. The van der Waals surface area contributed by atoms with E-state index in [0.717, 1.165) is 11.3 Å². The molecule has 0 radical (unpaired) electrons. The Labute approximate surface area is 106 Å². The van der Waals surface area contributed by atoms with Crippen LogP contribution in [0.2, 0.25) is 5.02 Å². The summed E-state index contributed by atoms with van der Waals surface area (Å²) in [6.07, 6.45) is 0. The van der Waals surface area contributed by atoms with Crippen molar-refractivity contribution < 1.29 is 14.6 Å². The number of benzene rings is 1. The molecule has 0 saturated carbocycles. The topological polar surface area (TPSA) is 59.4 Å². The molecule has 0 aliphatic heterocycles. The molecule has 6 heteroatoms. The van der Waals surface area contributed by atoms with Gasteiger partial charge in [-0.2, -0.15) is 0 Å². The predicted molar refractivity (Wildman–Crippen MR) is 66.1 cm³/mol. The Morgan fingerprint density at radius 2 is 2.29 bits per heavy atom. The van der Waals surface area contributed by atoms with E-state index in [0.29, 0.717) is 22.0 Å². The molecular weight excluding hydrogens is 262 g/mol. The maximum Gasteiger partial charge on any atom is 0.348 e. The van der Waals surface area contributed by atoms with Crippen molar-refractivity contribution in [1.29, 1.82) is 0 Å². The van der Waals surface area contributed by atoms with Crippen LogP contribution in [0.25, 0.3) is 11.3 Å². The first-order valence-electron chi connectivity index (χ1n) is 4.64. The molecule has 0 spiro atoms. The van der Waals surface area contributed by atoms with Gasteiger partial charge in [0.2, 0.25) is 0 Å². The van der Waals surface area contributed by atoms with Crippen LogP contribution in [0.5, 0.6) is 5.75 Å². The fourth-order valence-corrected chi connectivity index (χ4v) is 2.32. The fraction of sp³-hybridized carbons (Fsp3) is 0.0909. The smallest absolute Gasteiger partial charge is 0.348 e. The predicted octanol–water partition coefficient (Wildman–Crippen LogP) is 3.17. The Morgan fingerprint density at radius 3 is 2.88 bits per heavy atom. The first-order chi connectivity index (χ1) is 8.13. The molecule has 1 N–H and O–H groups in total. The van der Waals surface area contributed by atoms with E-state index in [1.165, 1.54) is 12.6 Å². The lowest BCUT2D eigenvalue weighted by atomic mass is 10.1. The molecule has 4 nitrogen and oxygen atoms in total. The van der Waals surface area contributed by atoms with E-state index in [2.05, 4.69) is 4.98 Å². The maximum atomic E-state index is 11.0. The average Bonchev–Trinajstić information content (AvgIpc) is 2.77. The van der Waals surface area contributed by atoms with Crippen LogP contribution in [0.4, 0.5) is 0 Å². The van der Waals surface area contributed by atoms with Crippen molar-refractivity contribution in [1.82, 2.24) is 4.98 Å². The molecule has 0 atom stereocenters. The Balaban J connectivity index is 2.50. The molecule has 0 fully saturated rings. The summed E-state index contributed by atoms with van der Waals surface area (Å²) in [7, 11) is 1.52. The number of carbonyl (C=O) groups is 1. The summed E-state index contributed by atoms with van der Waals surface area (Å²) in [4.78, 5) is 15.2. The van der Waals surface area contributed by atoms with Gasteiger partial charge in [-0.25, -0.2) is 9.78 Å². The Hall–Kier alpha value is -1.59. The first-order valence-corrected chi connectivity index (χ1v) is 5.90. The number of aromatic carboxylic acids is 1.